The molecule has 2 aliphatic rings. The van der Waals surface area contributed by atoms with Crippen LogP contribution in [0.15, 0.2) is 12.4 Å². The van der Waals surface area contributed by atoms with Gasteiger partial charge in [-0.1, -0.05) is 0 Å². The molecule has 3 rings (SSSR count). The second-order valence-electron chi connectivity index (χ2n) is 5.84. The Morgan fingerprint density at radius 1 is 1.23 bits per heavy atom. The maximum atomic E-state index is 12.7. The van der Waals surface area contributed by atoms with Crippen LogP contribution in [0.25, 0.3) is 0 Å². The molecule has 1 amide bonds. The van der Waals surface area contributed by atoms with Crippen molar-refractivity contribution < 1.29 is 18.7 Å². The van der Waals surface area contributed by atoms with Gasteiger partial charge in [-0.25, -0.2) is 14.4 Å². The second kappa shape index (κ2) is 7.00. The minimum atomic E-state index is -0.477. The predicted octanol–water partition coefficient (Wildman–Crippen LogP) is 1.46. The van der Waals surface area contributed by atoms with Crippen LogP contribution in [-0.2, 0) is 9.53 Å². The third kappa shape index (κ3) is 3.91. The highest BCUT2D eigenvalue weighted by Crippen LogP contribution is 2.23. The van der Waals surface area contributed by atoms with E-state index in [2.05, 4.69) is 15.3 Å². The predicted molar refractivity (Wildman–Crippen MR) is 75.7 cm³/mol. The van der Waals surface area contributed by atoms with E-state index in [-0.39, 0.29) is 30.0 Å². The first-order valence-corrected chi connectivity index (χ1v) is 7.73. The third-order valence-electron chi connectivity index (χ3n) is 4.19. The van der Waals surface area contributed by atoms with E-state index in [1.54, 1.807) is 0 Å². The van der Waals surface area contributed by atoms with Crippen LogP contribution in [0, 0.1) is 11.7 Å². The zero-order valence-corrected chi connectivity index (χ0v) is 12.3. The Bertz CT molecular complexity index is 497. The van der Waals surface area contributed by atoms with Crippen LogP contribution in [0.1, 0.15) is 32.1 Å². The number of aromatic nitrogens is 2. The number of carbonyl (C=O) groups excluding carboxylic acids is 1. The molecule has 7 heteroatoms. The molecule has 22 heavy (non-hydrogen) atoms. The van der Waals surface area contributed by atoms with Crippen LogP contribution in [0.3, 0.4) is 0 Å². The number of halogens is 1. The summed E-state index contributed by atoms with van der Waals surface area (Å²) in [6.45, 7) is 1.21. The standard InChI is InChI=1S/C15H20FN3O3/c16-11-7-17-15(18-8-11)22-13-3-1-12(2-4-13)19-14(20)10-5-6-21-9-10/h7-8,10,12-13H,1-6,9H2,(H,19,20)/t10-,12?,13?/m1/s1. The molecule has 6 nitrogen and oxygen atoms in total. The first-order chi connectivity index (χ1) is 10.7. The Morgan fingerprint density at radius 3 is 2.59 bits per heavy atom. The molecule has 1 aromatic heterocycles. The Morgan fingerprint density at radius 2 is 1.95 bits per heavy atom. The maximum Gasteiger partial charge on any atom is 0.316 e. The summed E-state index contributed by atoms with van der Waals surface area (Å²) in [5, 5.41) is 3.10. The Kier molecular flexibility index (Phi) is 4.82. The number of hydrogen-bond donors (Lipinski definition) is 1. The number of carbonyl (C=O) groups is 1. The van der Waals surface area contributed by atoms with E-state index in [0.717, 1.165) is 44.5 Å². The van der Waals surface area contributed by atoms with Crippen molar-refractivity contribution in [1.82, 2.24) is 15.3 Å². The minimum Gasteiger partial charge on any atom is -0.460 e. The summed E-state index contributed by atoms with van der Waals surface area (Å²) >= 11 is 0. The molecule has 0 unspecified atom stereocenters. The fourth-order valence-corrected chi connectivity index (χ4v) is 2.90. The third-order valence-corrected chi connectivity index (χ3v) is 4.19. The van der Waals surface area contributed by atoms with Crippen molar-refractivity contribution in [2.24, 2.45) is 5.92 Å². The summed E-state index contributed by atoms with van der Waals surface area (Å²) in [6.07, 6.45) is 6.41. The minimum absolute atomic E-state index is 0.00147. The molecule has 2 heterocycles. The molecular formula is C15H20FN3O3. The normalized spacial score (nSPS) is 28.3. The molecule has 1 aliphatic heterocycles. The van der Waals surface area contributed by atoms with Crippen molar-refractivity contribution in [3.8, 4) is 6.01 Å². The molecule has 2 fully saturated rings. The average molecular weight is 309 g/mol. The topological polar surface area (TPSA) is 73.3 Å². The van der Waals surface area contributed by atoms with Crippen LogP contribution >= 0.6 is 0 Å². The van der Waals surface area contributed by atoms with Gasteiger partial charge < -0.3 is 14.8 Å². The first kappa shape index (κ1) is 15.1. The van der Waals surface area contributed by atoms with Gasteiger partial charge in [-0.2, -0.15) is 0 Å². The number of hydrogen-bond acceptors (Lipinski definition) is 5. The quantitative estimate of drug-likeness (QED) is 0.911. The Balaban J connectivity index is 1.42. The van der Waals surface area contributed by atoms with Gasteiger partial charge in [0.15, 0.2) is 5.82 Å². The van der Waals surface area contributed by atoms with E-state index in [1.807, 2.05) is 0 Å². The smallest absolute Gasteiger partial charge is 0.316 e. The van der Waals surface area contributed by atoms with Gasteiger partial charge in [-0.3, -0.25) is 4.79 Å². The monoisotopic (exact) mass is 309 g/mol. The second-order valence-corrected chi connectivity index (χ2v) is 5.84. The number of nitrogens with one attached hydrogen (secondary N) is 1. The van der Waals surface area contributed by atoms with Gasteiger partial charge in [-0.05, 0) is 32.1 Å². The molecule has 120 valence electrons. The van der Waals surface area contributed by atoms with E-state index in [0.29, 0.717) is 13.2 Å². The van der Waals surface area contributed by atoms with Crippen molar-refractivity contribution in [2.75, 3.05) is 13.2 Å². The molecule has 0 aromatic carbocycles. The van der Waals surface area contributed by atoms with E-state index in [9.17, 15) is 9.18 Å². The van der Waals surface area contributed by atoms with E-state index in [4.69, 9.17) is 9.47 Å². The van der Waals surface area contributed by atoms with Gasteiger partial charge in [0.05, 0.1) is 24.9 Å². The molecule has 0 spiro atoms. The van der Waals surface area contributed by atoms with Crippen molar-refractivity contribution in [2.45, 2.75) is 44.2 Å². The number of ether oxygens (including phenoxy) is 2. The average Bonchev–Trinajstić information content (AvgIpc) is 3.06. The Labute approximate surface area is 128 Å². The summed E-state index contributed by atoms with van der Waals surface area (Å²) < 4.78 is 23.6. The summed E-state index contributed by atoms with van der Waals surface area (Å²) in [6, 6.07) is 0.402. The summed E-state index contributed by atoms with van der Waals surface area (Å²) in [5.74, 6) is -0.375. The van der Waals surface area contributed by atoms with Gasteiger partial charge in [0.1, 0.15) is 6.10 Å². The zero-order chi connectivity index (χ0) is 15.4. The number of rotatable bonds is 4. The lowest BCUT2D eigenvalue weighted by molar-refractivity contribution is -0.126. The molecular weight excluding hydrogens is 289 g/mol. The molecule has 1 aliphatic carbocycles. The highest BCUT2D eigenvalue weighted by Gasteiger charge is 2.28. The van der Waals surface area contributed by atoms with Crippen molar-refractivity contribution >= 4 is 5.91 Å². The Hall–Kier alpha value is -1.76. The van der Waals surface area contributed by atoms with Crippen molar-refractivity contribution in [1.29, 1.82) is 0 Å². The number of nitrogens with zero attached hydrogens (tertiary/aromatic N) is 2. The van der Waals surface area contributed by atoms with Crippen molar-refractivity contribution in [3.63, 3.8) is 0 Å². The zero-order valence-electron chi connectivity index (χ0n) is 12.3. The fourth-order valence-electron chi connectivity index (χ4n) is 2.90. The molecule has 1 saturated heterocycles. The van der Waals surface area contributed by atoms with Gasteiger partial charge in [0.25, 0.3) is 0 Å². The van der Waals surface area contributed by atoms with Gasteiger partial charge in [-0.15, -0.1) is 0 Å². The summed E-state index contributed by atoms with van der Waals surface area (Å²) in [7, 11) is 0. The van der Waals surface area contributed by atoms with Crippen LogP contribution in [0.5, 0.6) is 6.01 Å². The fraction of sp³-hybridized carbons (Fsp3) is 0.667. The van der Waals surface area contributed by atoms with E-state index in [1.165, 1.54) is 0 Å². The maximum absolute atomic E-state index is 12.7. The van der Waals surface area contributed by atoms with Crippen molar-refractivity contribution in [3.05, 3.63) is 18.2 Å². The summed E-state index contributed by atoms with van der Waals surface area (Å²) in [4.78, 5) is 19.6. The molecule has 1 saturated carbocycles. The van der Waals surface area contributed by atoms with Gasteiger partial charge in [0.2, 0.25) is 5.91 Å². The van der Waals surface area contributed by atoms with Crippen LogP contribution < -0.4 is 10.1 Å². The SMILES string of the molecule is O=C(NC1CCC(Oc2ncc(F)cn2)CC1)[C@@H]1CCOC1. The molecule has 1 N–H and O–H groups in total. The highest BCUT2D eigenvalue weighted by molar-refractivity contribution is 5.79. The molecule has 0 bridgehead atoms. The summed E-state index contributed by atoms with van der Waals surface area (Å²) in [5.41, 5.74) is 0. The van der Waals surface area contributed by atoms with E-state index < -0.39 is 5.82 Å². The molecule has 1 atom stereocenters. The first-order valence-electron chi connectivity index (χ1n) is 7.73. The molecule has 0 radical (unpaired) electrons. The lowest BCUT2D eigenvalue weighted by Crippen LogP contribution is -2.42. The lowest BCUT2D eigenvalue weighted by Gasteiger charge is -2.29. The van der Waals surface area contributed by atoms with Gasteiger partial charge >= 0.3 is 6.01 Å². The van der Waals surface area contributed by atoms with Crippen LogP contribution in [0.4, 0.5) is 4.39 Å². The largest absolute Gasteiger partial charge is 0.460 e. The van der Waals surface area contributed by atoms with Crippen LogP contribution in [-0.4, -0.2) is 41.2 Å². The number of amides is 1. The molecule has 1 aromatic rings. The highest BCUT2D eigenvalue weighted by atomic mass is 19.1. The van der Waals surface area contributed by atoms with Gasteiger partial charge in [0, 0.05) is 12.6 Å². The van der Waals surface area contributed by atoms with Crippen LogP contribution in [0.2, 0.25) is 0 Å². The van der Waals surface area contributed by atoms with E-state index >= 15 is 0 Å². The lowest BCUT2D eigenvalue weighted by atomic mass is 9.92.